The van der Waals surface area contributed by atoms with Crippen molar-refractivity contribution in [3.8, 4) is 0 Å². The Hall–Kier alpha value is -0.930. The first kappa shape index (κ1) is 10.2. The molecule has 3 heterocycles. The van der Waals surface area contributed by atoms with Crippen molar-refractivity contribution in [2.24, 2.45) is 0 Å². The SMILES string of the molecule is Cc1cccc(CN[C@@H]2C[C@@H]3CC[C@H]2O3)n1. The Kier molecular flexibility index (Phi) is 2.65. The molecule has 0 aromatic carbocycles. The normalized spacial score (nSPS) is 32.2. The van der Waals surface area contributed by atoms with Crippen LogP contribution in [0, 0.1) is 6.92 Å². The summed E-state index contributed by atoms with van der Waals surface area (Å²) in [5.74, 6) is 0. The van der Waals surface area contributed by atoms with E-state index in [-0.39, 0.29) is 0 Å². The van der Waals surface area contributed by atoms with E-state index in [1.165, 1.54) is 19.3 Å². The zero-order valence-electron chi connectivity index (χ0n) is 9.65. The molecule has 1 N–H and O–H groups in total. The molecular weight excluding hydrogens is 200 g/mol. The van der Waals surface area contributed by atoms with Crippen LogP contribution in [0.5, 0.6) is 0 Å². The highest BCUT2D eigenvalue weighted by Gasteiger charge is 2.40. The van der Waals surface area contributed by atoms with E-state index in [0.29, 0.717) is 18.2 Å². The minimum atomic E-state index is 0.454. The van der Waals surface area contributed by atoms with Crippen LogP contribution in [0.3, 0.4) is 0 Å². The number of fused-ring (bicyclic) bond motifs is 2. The number of rotatable bonds is 3. The van der Waals surface area contributed by atoms with Crippen molar-refractivity contribution < 1.29 is 4.74 Å². The predicted molar refractivity (Wildman–Crippen MR) is 62.1 cm³/mol. The molecule has 2 saturated heterocycles. The third kappa shape index (κ3) is 1.97. The summed E-state index contributed by atoms with van der Waals surface area (Å²) in [7, 11) is 0. The number of ether oxygens (including phenoxy) is 1. The van der Waals surface area contributed by atoms with Crippen LogP contribution in [0.25, 0.3) is 0 Å². The Labute approximate surface area is 96.2 Å². The summed E-state index contributed by atoms with van der Waals surface area (Å²) in [6, 6.07) is 6.72. The number of nitrogens with one attached hydrogen (secondary N) is 1. The Bertz CT molecular complexity index is 380. The first-order chi connectivity index (χ1) is 7.81. The molecule has 0 unspecified atom stereocenters. The number of pyridine rings is 1. The molecule has 0 aliphatic carbocycles. The standard InChI is InChI=1S/C13H18N2O/c1-9-3-2-4-10(15-9)8-14-12-7-11-5-6-13(12)16-11/h2-4,11-14H,5-8H2,1H3/t11-,12+,13+/m0/s1. The van der Waals surface area contributed by atoms with Gasteiger partial charge in [0.1, 0.15) is 0 Å². The molecule has 0 spiro atoms. The van der Waals surface area contributed by atoms with Crippen molar-refractivity contribution in [2.75, 3.05) is 0 Å². The lowest BCUT2D eigenvalue weighted by Crippen LogP contribution is -2.37. The van der Waals surface area contributed by atoms with Crippen molar-refractivity contribution in [2.45, 2.75) is 51.0 Å². The van der Waals surface area contributed by atoms with Gasteiger partial charge in [0.05, 0.1) is 17.9 Å². The van der Waals surface area contributed by atoms with Gasteiger partial charge in [-0.25, -0.2) is 0 Å². The third-order valence-electron chi connectivity index (χ3n) is 3.60. The zero-order chi connectivity index (χ0) is 11.0. The van der Waals surface area contributed by atoms with Crippen LogP contribution in [0.1, 0.15) is 30.7 Å². The molecule has 2 aliphatic heterocycles. The van der Waals surface area contributed by atoms with Gasteiger partial charge >= 0.3 is 0 Å². The average molecular weight is 218 g/mol. The average Bonchev–Trinajstić information content (AvgIpc) is 2.88. The Morgan fingerprint density at radius 3 is 3.06 bits per heavy atom. The number of aromatic nitrogens is 1. The van der Waals surface area contributed by atoms with Gasteiger partial charge in [-0.15, -0.1) is 0 Å². The van der Waals surface area contributed by atoms with E-state index in [9.17, 15) is 0 Å². The summed E-state index contributed by atoms with van der Waals surface area (Å²) in [6.45, 7) is 2.89. The number of hydrogen-bond acceptors (Lipinski definition) is 3. The topological polar surface area (TPSA) is 34.1 Å². The van der Waals surface area contributed by atoms with Crippen molar-refractivity contribution in [3.05, 3.63) is 29.6 Å². The third-order valence-corrected chi connectivity index (χ3v) is 3.60. The van der Waals surface area contributed by atoms with Crippen molar-refractivity contribution in [3.63, 3.8) is 0 Å². The van der Waals surface area contributed by atoms with E-state index in [0.717, 1.165) is 17.9 Å². The minimum Gasteiger partial charge on any atom is -0.373 e. The molecule has 86 valence electrons. The second-order valence-corrected chi connectivity index (χ2v) is 4.87. The summed E-state index contributed by atoms with van der Waals surface area (Å²) < 4.78 is 5.81. The van der Waals surface area contributed by atoms with Gasteiger partial charge in [-0.2, -0.15) is 0 Å². The lowest BCUT2D eigenvalue weighted by atomic mass is 9.95. The quantitative estimate of drug-likeness (QED) is 0.840. The van der Waals surface area contributed by atoms with Crippen molar-refractivity contribution >= 4 is 0 Å². The lowest BCUT2D eigenvalue weighted by Gasteiger charge is -2.19. The second kappa shape index (κ2) is 4.15. The summed E-state index contributed by atoms with van der Waals surface area (Å²) in [4.78, 5) is 4.49. The molecule has 0 radical (unpaired) electrons. The lowest BCUT2D eigenvalue weighted by molar-refractivity contribution is 0.0972. The predicted octanol–water partition coefficient (Wildman–Crippen LogP) is 1.80. The molecule has 3 atom stereocenters. The maximum Gasteiger partial charge on any atom is 0.0733 e. The number of hydrogen-bond donors (Lipinski definition) is 1. The first-order valence-corrected chi connectivity index (χ1v) is 6.12. The fourth-order valence-corrected chi connectivity index (χ4v) is 2.79. The maximum absolute atomic E-state index is 5.81. The summed E-state index contributed by atoms with van der Waals surface area (Å²) in [6.07, 6.45) is 4.63. The Morgan fingerprint density at radius 2 is 2.38 bits per heavy atom. The monoisotopic (exact) mass is 218 g/mol. The van der Waals surface area contributed by atoms with Crippen LogP contribution in [0.15, 0.2) is 18.2 Å². The van der Waals surface area contributed by atoms with E-state index in [4.69, 9.17) is 4.74 Å². The molecule has 16 heavy (non-hydrogen) atoms. The van der Waals surface area contributed by atoms with Crippen LogP contribution >= 0.6 is 0 Å². The molecule has 0 saturated carbocycles. The molecule has 3 nitrogen and oxygen atoms in total. The number of nitrogens with zero attached hydrogens (tertiary/aromatic N) is 1. The molecule has 3 rings (SSSR count). The van der Waals surface area contributed by atoms with Gasteiger partial charge in [-0.1, -0.05) is 6.07 Å². The van der Waals surface area contributed by atoms with E-state index in [1.54, 1.807) is 0 Å². The van der Waals surface area contributed by atoms with Crippen LogP contribution < -0.4 is 5.32 Å². The molecule has 1 aromatic rings. The van der Waals surface area contributed by atoms with Gasteiger partial charge in [0.2, 0.25) is 0 Å². The first-order valence-electron chi connectivity index (χ1n) is 6.12. The Morgan fingerprint density at radius 1 is 1.44 bits per heavy atom. The molecular formula is C13H18N2O. The minimum absolute atomic E-state index is 0.454. The van der Waals surface area contributed by atoms with Crippen molar-refractivity contribution in [1.82, 2.24) is 10.3 Å². The van der Waals surface area contributed by atoms with Gasteiger partial charge in [0.15, 0.2) is 0 Å². The molecule has 2 aliphatic rings. The maximum atomic E-state index is 5.81. The second-order valence-electron chi connectivity index (χ2n) is 4.87. The largest absolute Gasteiger partial charge is 0.373 e. The van der Waals surface area contributed by atoms with Gasteiger partial charge in [-0.05, 0) is 38.3 Å². The van der Waals surface area contributed by atoms with Gasteiger partial charge in [0.25, 0.3) is 0 Å². The van der Waals surface area contributed by atoms with Crippen LogP contribution in [0.4, 0.5) is 0 Å². The summed E-state index contributed by atoms with van der Waals surface area (Å²) in [5.41, 5.74) is 2.21. The van der Waals surface area contributed by atoms with Crippen molar-refractivity contribution in [1.29, 1.82) is 0 Å². The summed E-state index contributed by atoms with van der Waals surface area (Å²) >= 11 is 0. The van der Waals surface area contributed by atoms with E-state index < -0.39 is 0 Å². The van der Waals surface area contributed by atoms with Gasteiger partial charge < -0.3 is 10.1 Å². The van der Waals surface area contributed by atoms with E-state index in [2.05, 4.69) is 22.4 Å². The molecule has 1 aromatic heterocycles. The van der Waals surface area contributed by atoms with Gasteiger partial charge in [-0.3, -0.25) is 4.98 Å². The van der Waals surface area contributed by atoms with Crippen LogP contribution in [-0.2, 0) is 11.3 Å². The zero-order valence-corrected chi connectivity index (χ0v) is 9.65. The fourth-order valence-electron chi connectivity index (χ4n) is 2.79. The van der Waals surface area contributed by atoms with Crippen LogP contribution in [0.2, 0.25) is 0 Å². The Balaban J connectivity index is 1.57. The highest BCUT2D eigenvalue weighted by Crippen LogP contribution is 2.34. The van der Waals surface area contributed by atoms with Crippen LogP contribution in [-0.4, -0.2) is 23.2 Å². The summed E-state index contributed by atoms with van der Waals surface area (Å²) in [5, 5.41) is 3.57. The molecule has 2 bridgehead atoms. The number of aryl methyl sites for hydroxylation is 1. The van der Waals surface area contributed by atoms with Gasteiger partial charge in [0, 0.05) is 18.3 Å². The van der Waals surface area contributed by atoms with E-state index >= 15 is 0 Å². The molecule has 3 heteroatoms. The molecule has 2 fully saturated rings. The van der Waals surface area contributed by atoms with E-state index in [1.807, 2.05) is 13.0 Å². The molecule has 0 amide bonds. The highest BCUT2D eigenvalue weighted by molar-refractivity contribution is 5.10. The highest BCUT2D eigenvalue weighted by atomic mass is 16.5. The fraction of sp³-hybridized carbons (Fsp3) is 0.615. The smallest absolute Gasteiger partial charge is 0.0733 e.